The van der Waals surface area contributed by atoms with Crippen LogP contribution in [0.25, 0.3) is 22.2 Å². The van der Waals surface area contributed by atoms with E-state index >= 15 is 0 Å². The van der Waals surface area contributed by atoms with Crippen LogP contribution in [0.15, 0.2) is 53.3 Å². The van der Waals surface area contributed by atoms with Crippen LogP contribution in [0.2, 0.25) is 0 Å². The van der Waals surface area contributed by atoms with E-state index in [0.717, 1.165) is 16.8 Å². The van der Waals surface area contributed by atoms with E-state index in [2.05, 4.69) is 29.2 Å². The number of hydrogen-bond donors (Lipinski definition) is 1. The molecular weight excluding hydrogens is 174 g/mol. The maximum absolute atomic E-state index is 5.33. The minimum atomic E-state index is 0.910. The Morgan fingerprint density at radius 3 is 2.93 bits per heavy atom. The Bertz CT molecular complexity index is 548. The van der Waals surface area contributed by atoms with Crippen LogP contribution in [-0.2, 0) is 0 Å². The summed E-state index contributed by atoms with van der Waals surface area (Å²) in [7, 11) is 0. The second-order valence-electron chi connectivity index (χ2n) is 3.26. The van der Waals surface area contributed by atoms with Gasteiger partial charge >= 0.3 is 0 Å². The lowest BCUT2D eigenvalue weighted by atomic mass is 10.1. The summed E-state index contributed by atoms with van der Waals surface area (Å²) < 4.78 is 5.33. The third-order valence-electron chi connectivity index (χ3n) is 2.36. The summed E-state index contributed by atoms with van der Waals surface area (Å²) in [6.45, 7) is 0. The summed E-state index contributed by atoms with van der Waals surface area (Å²) in [5.41, 5.74) is 2.27. The fourth-order valence-corrected chi connectivity index (χ4v) is 1.65. The van der Waals surface area contributed by atoms with Crippen molar-refractivity contribution >= 4 is 10.9 Å². The number of rotatable bonds is 1. The second kappa shape index (κ2) is 2.77. The number of fused-ring (bicyclic) bond motifs is 1. The van der Waals surface area contributed by atoms with Gasteiger partial charge in [0.2, 0.25) is 0 Å². The molecule has 1 N–H and O–H groups in total. The molecule has 68 valence electrons. The Labute approximate surface area is 81.2 Å². The number of nitrogens with one attached hydrogen (secondary N) is 1. The molecule has 1 aromatic carbocycles. The highest BCUT2D eigenvalue weighted by molar-refractivity contribution is 5.84. The smallest absolute Gasteiger partial charge is 0.133 e. The summed E-state index contributed by atoms with van der Waals surface area (Å²) in [5, 5.41) is 1.21. The molecule has 2 aromatic heterocycles. The van der Waals surface area contributed by atoms with Crippen molar-refractivity contribution in [2.45, 2.75) is 0 Å². The van der Waals surface area contributed by atoms with Gasteiger partial charge in [0.25, 0.3) is 0 Å². The number of aromatic nitrogens is 1. The van der Waals surface area contributed by atoms with E-state index in [1.54, 1.807) is 6.26 Å². The molecule has 0 unspecified atom stereocenters. The summed E-state index contributed by atoms with van der Waals surface area (Å²) in [6.07, 6.45) is 3.63. The van der Waals surface area contributed by atoms with Crippen LogP contribution < -0.4 is 0 Å². The number of aromatic amines is 1. The zero-order valence-electron chi connectivity index (χ0n) is 7.53. The molecule has 0 radical (unpaired) electrons. The van der Waals surface area contributed by atoms with E-state index < -0.39 is 0 Å². The zero-order valence-corrected chi connectivity index (χ0v) is 7.53. The number of hydrogen-bond acceptors (Lipinski definition) is 1. The number of furan rings is 1. The lowest BCUT2D eigenvalue weighted by Crippen LogP contribution is -1.73. The van der Waals surface area contributed by atoms with Crippen molar-refractivity contribution in [1.82, 2.24) is 4.98 Å². The van der Waals surface area contributed by atoms with Gasteiger partial charge in [0.05, 0.1) is 6.26 Å². The van der Waals surface area contributed by atoms with Crippen LogP contribution in [0.1, 0.15) is 0 Å². The van der Waals surface area contributed by atoms with Crippen LogP contribution in [0.5, 0.6) is 0 Å². The van der Waals surface area contributed by atoms with Gasteiger partial charge in [0, 0.05) is 22.7 Å². The zero-order chi connectivity index (χ0) is 9.38. The second-order valence-corrected chi connectivity index (χ2v) is 3.26. The molecular formula is C12H9NO. The molecule has 0 amide bonds. The summed E-state index contributed by atoms with van der Waals surface area (Å²) >= 11 is 0. The maximum Gasteiger partial charge on any atom is 0.133 e. The Balaban J connectivity index is 2.23. The molecule has 0 aliphatic heterocycles. The fraction of sp³-hybridized carbons (Fsp3) is 0. The lowest BCUT2D eigenvalue weighted by molar-refractivity contribution is 0.582. The average molecular weight is 183 g/mol. The quantitative estimate of drug-likeness (QED) is 0.615. The van der Waals surface area contributed by atoms with Crippen LogP contribution in [0, 0.1) is 0 Å². The normalized spacial score (nSPS) is 10.9. The van der Waals surface area contributed by atoms with Gasteiger partial charge in [-0.15, -0.1) is 0 Å². The van der Waals surface area contributed by atoms with E-state index in [4.69, 9.17) is 4.42 Å². The first-order chi connectivity index (χ1) is 6.93. The summed E-state index contributed by atoms with van der Waals surface area (Å²) in [5.74, 6) is 0.910. The minimum Gasteiger partial charge on any atom is -0.464 e. The van der Waals surface area contributed by atoms with Crippen LogP contribution in [0.3, 0.4) is 0 Å². The van der Waals surface area contributed by atoms with Gasteiger partial charge < -0.3 is 9.40 Å². The van der Waals surface area contributed by atoms with Crippen molar-refractivity contribution in [3.05, 3.63) is 48.9 Å². The Kier molecular flexibility index (Phi) is 1.47. The van der Waals surface area contributed by atoms with Crippen molar-refractivity contribution < 1.29 is 4.42 Å². The molecule has 3 rings (SSSR count). The molecule has 0 bridgehead atoms. The maximum atomic E-state index is 5.33. The van der Waals surface area contributed by atoms with E-state index in [0.29, 0.717) is 0 Å². The molecule has 2 nitrogen and oxygen atoms in total. The predicted molar refractivity (Wildman–Crippen MR) is 56.0 cm³/mol. The molecule has 0 saturated heterocycles. The molecule has 0 aliphatic carbocycles. The van der Waals surface area contributed by atoms with Crippen LogP contribution in [0.4, 0.5) is 0 Å². The average Bonchev–Trinajstić information content (AvgIpc) is 2.88. The third kappa shape index (κ3) is 1.04. The molecule has 2 heteroatoms. The van der Waals surface area contributed by atoms with Gasteiger partial charge in [0.15, 0.2) is 0 Å². The van der Waals surface area contributed by atoms with Crippen molar-refractivity contribution in [1.29, 1.82) is 0 Å². The molecule has 14 heavy (non-hydrogen) atoms. The highest BCUT2D eigenvalue weighted by Crippen LogP contribution is 2.23. The molecule has 0 fully saturated rings. The monoisotopic (exact) mass is 183 g/mol. The van der Waals surface area contributed by atoms with E-state index in [9.17, 15) is 0 Å². The van der Waals surface area contributed by atoms with Crippen LogP contribution >= 0.6 is 0 Å². The van der Waals surface area contributed by atoms with Crippen molar-refractivity contribution in [3.63, 3.8) is 0 Å². The number of H-pyrrole nitrogens is 1. The minimum absolute atomic E-state index is 0.910. The first-order valence-corrected chi connectivity index (χ1v) is 4.54. The summed E-state index contributed by atoms with van der Waals surface area (Å²) in [4.78, 5) is 3.16. The van der Waals surface area contributed by atoms with E-state index in [1.807, 2.05) is 18.3 Å². The molecule has 0 aliphatic rings. The lowest BCUT2D eigenvalue weighted by Gasteiger charge is -1.96. The third-order valence-corrected chi connectivity index (χ3v) is 2.36. The SMILES string of the molecule is c1coc(-c2ccc3[nH]ccc3c2)c1. The van der Waals surface area contributed by atoms with E-state index in [-0.39, 0.29) is 0 Å². The summed E-state index contributed by atoms with van der Waals surface area (Å²) in [6, 6.07) is 12.2. The highest BCUT2D eigenvalue weighted by Gasteiger charge is 2.01. The standard InChI is InChI=1S/C12H9NO/c1-2-12(14-7-1)10-3-4-11-9(8-10)5-6-13-11/h1-8,13H. The van der Waals surface area contributed by atoms with Gasteiger partial charge in [-0.2, -0.15) is 0 Å². The Morgan fingerprint density at radius 2 is 2.07 bits per heavy atom. The topological polar surface area (TPSA) is 28.9 Å². The highest BCUT2D eigenvalue weighted by atomic mass is 16.3. The number of benzene rings is 1. The van der Waals surface area contributed by atoms with Crippen molar-refractivity contribution in [2.24, 2.45) is 0 Å². The van der Waals surface area contributed by atoms with Gasteiger partial charge in [-0.05, 0) is 36.4 Å². The van der Waals surface area contributed by atoms with Gasteiger partial charge in [0.1, 0.15) is 5.76 Å². The van der Waals surface area contributed by atoms with Crippen molar-refractivity contribution in [3.8, 4) is 11.3 Å². The molecule has 2 heterocycles. The predicted octanol–water partition coefficient (Wildman–Crippen LogP) is 3.43. The van der Waals surface area contributed by atoms with Crippen molar-refractivity contribution in [2.75, 3.05) is 0 Å². The molecule has 0 atom stereocenters. The van der Waals surface area contributed by atoms with Gasteiger partial charge in [-0.1, -0.05) is 0 Å². The Morgan fingerprint density at radius 1 is 1.07 bits per heavy atom. The first-order valence-electron chi connectivity index (χ1n) is 4.54. The molecule has 0 saturated carbocycles. The molecule has 0 spiro atoms. The molecule has 3 aromatic rings. The first kappa shape index (κ1) is 7.44. The largest absolute Gasteiger partial charge is 0.464 e. The fourth-order valence-electron chi connectivity index (χ4n) is 1.65. The Hall–Kier alpha value is -1.96. The van der Waals surface area contributed by atoms with Crippen LogP contribution in [-0.4, -0.2) is 4.98 Å². The van der Waals surface area contributed by atoms with E-state index in [1.165, 1.54) is 5.39 Å². The van der Waals surface area contributed by atoms with Gasteiger partial charge in [-0.25, -0.2) is 0 Å². The van der Waals surface area contributed by atoms with Gasteiger partial charge in [-0.3, -0.25) is 0 Å².